The van der Waals surface area contributed by atoms with E-state index in [2.05, 4.69) is 11.8 Å². The summed E-state index contributed by atoms with van der Waals surface area (Å²) in [7, 11) is 0. The van der Waals surface area contributed by atoms with Gasteiger partial charge in [0.2, 0.25) is 0 Å². The predicted octanol–water partition coefficient (Wildman–Crippen LogP) is 3.45. The lowest BCUT2D eigenvalue weighted by molar-refractivity contribution is -0.385. The van der Waals surface area contributed by atoms with E-state index in [0.717, 1.165) is 31.5 Å². The van der Waals surface area contributed by atoms with Crippen LogP contribution in [0.15, 0.2) is 18.2 Å². The van der Waals surface area contributed by atoms with Gasteiger partial charge in [-0.3, -0.25) is 10.1 Å². The summed E-state index contributed by atoms with van der Waals surface area (Å²) in [6.45, 7) is 2.99. The molecule has 1 N–H and O–H groups in total. The first-order valence-electron chi connectivity index (χ1n) is 7.33. The van der Waals surface area contributed by atoms with Crippen molar-refractivity contribution in [2.75, 3.05) is 11.4 Å². The number of hydrogen-bond donors (Lipinski definition) is 1. The Morgan fingerprint density at radius 2 is 2.19 bits per heavy atom. The van der Waals surface area contributed by atoms with Crippen molar-refractivity contribution in [2.45, 2.75) is 45.1 Å². The number of carbonyl (C=O) groups is 1. The summed E-state index contributed by atoms with van der Waals surface area (Å²) in [4.78, 5) is 23.7. The Kier molecular flexibility index (Phi) is 4.77. The second-order valence-electron chi connectivity index (χ2n) is 5.37. The predicted molar refractivity (Wildman–Crippen MR) is 79.9 cm³/mol. The molecule has 0 aromatic heterocycles. The van der Waals surface area contributed by atoms with E-state index in [1.54, 1.807) is 6.07 Å². The first-order chi connectivity index (χ1) is 10.0. The van der Waals surface area contributed by atoms with Crippen LogP contribution < -0.4 is 4.90 Å². The maximum atomic E-state index is 11.3. The van der Waals surface area contributed by atoms with Crippen molar-refractivity contribution in [3.63, 3.8) is 0 Å². The smallest absolute Gasteiger partial charge is 0.342 e. The average molecular weight is 292 g/mol. The summed E-state index contributed by atoms with van der Waals surface area (Å²) in [5.41, 5.74) is 0.178. The first-order valence-corrected chi connectivity index (χ1v) is 7.33. The molecule has 1 fully saturated rings. The number of nitro groups is 1. The van der Waals surface area contributed by atoms with Crippen LogP contribution in [-0.2, 0) is 0 Å². The zero-order valence-electron chi connectivity index (χ0n) is 12.1. The largest absolute Gasteiger partial charge is 0.477 e. The molecule has 1 aromatic rings. The zero-order valence-corrected chi connectivity index (χ0v) is 12.1. The maximum absolute atomic E-state index is 11.3. The van der Waals surface area contributed by atoms with Gasteiger partial charge in [-0.15, -0.1) is 0 Å². The molecule has 0 bridgehead atoms. The second kappa shape index (κ2) is 6.56. The van der Waals surface area contributed by atoms with E-state index in [1.165, 1.54) is 25.0 Å². The van der Waals surface area contributed by atoms with Gasteiger partial charge in [0.1, 0.15) is 5.56 Å². The maximum Gasteiger partial charge on any atom is 0.342 e. The average Bonchev–Trinajstić information content (AvgIpc) is 2.71. The summed E-state index contributed by atoms with van der Waals surface area (Å²) in [5.74, 6) is -1.26. The van der Waals surface area contributed by atoms with Crippen LogP contribution in [0.1, 0.15) is 49.4 Å². The highest BCUT2D eigenvalue weighted by Crippen LogP contribution is 2.30. The highest BCUT2D eigenvalue weighted by molar-refractivity contribution is 5.93. The molecule has 2 rings (SSSR count). The van der Waals surface area contributed by atoms with E-state index >= 15 is 0 Å². The molecule has 6 nitrogen and oxygen atoms in total. The Hall–Kier alpha value is -2.11. The number of aromatic carboxylic acids is 1. The van der Waals surface area contributed by atoms with Crippen LogP contribution in [0.3, 0.4) is 0 Å². The molecule has 1 aliphatic heterocycles. The van der Waals surface area contributed by atoms with E-state index in [0.29, 0.717) is 6.04 Å². The standard InChI is InChI=1S/C15H20N2O4/c1-2-11-6-4-3-5-9-16(11)12-7-8-14(17(20)21)13(10-12)15(18)19/h7-8,10-11H,2-6,9H2,1H3,(H,18,19). The summed E-state index contributed by atoms with van der Waals surface area (Å²) in [5, 5.41) is 20.1. The van der Waals surface area contributed by atoms with E-state index in [1.807, 2.05) is 0 Å². The fourth-order valence-electron chi connectivity index (χ4n) is 2.97. The molecule has 0 amide bonds. The molecule has 1 saturated heterocycles. The van der Waals surface area contributed by atoms with Gasteiger partial charge in [0, 0.05) is 24.3 Å². The van der Waals surface area contributed by atoms with Crippen molar-refractivity contribution < 1.29 is 14.8 Å². The molecule has 0 saturated carbocycles. The Balaban J connectivity index is 2.40. The Morgan fingerprint density at radius 1 is 1.43 bits per heavy atom. The van der Waals surface area contributed by atoms with Gasteiger partial charge >= 0.3 is 5.97 Å². The van der Waals surface area contributed by atoms with Crippen LogP contribution in [0.5, 0.6) is 0 Å². The normalized spacial score (nSPS) is 19.1. The molecule has 0 radical (unpaired) electrons. The Morgan fingerprint density at radius 3 is 2.81 bits per heavy atom. The molecule has 1 aliphatic rings. The van der Waals surface area contributed by atoms with Crippen LogP contribution >= 0.6 is 0 Å². The summed E-state index contributed by atoms with van der Waals surface area (Å²) in [6.07, 6.45) is 5.48. The van der Waals surface area contributed by atoms with Gasteiger partial charge in [0.15, 0.2) is 0 Å². The van der Waals surface area contributed by atoms with Crippen LogP contribution in [0.2, 0.25) is 0 Å². The van der Waals surface area contributed by atoms with Crippen LogP contribution in [0.25, 0.3) is 0 Å². The first kappa shape index (κ1) is 15.3. The third kappa shape index (κ3) is 3.32. The molecular weight excluding hydrogens is 272 g/mol. The molecule has 1 aromatic carbocycles. The van der Waals surface area contributed by atoms with Crippen molar-refractivity contribution in [2.24, 2.45) is 0 Å². The fourth-order valence-corrected chi connectivity index (χ4v) is 2.97. The van der Waals surface area contributed by atoms with E-state index < -0.39 is 10.9 Å². The van der Waals surface area contributed by atoms with Crippen molar-refractivity contribution in [1.82, 2.24) is 0 Å². The molecule has 114 valence electrons. The number of hydrogen-bond acceptors (Lipinski definition) is 4. The monoisotopic (exact) mass is 292 g/mol. The minimum Gasteiger partial charge on any atom is -0.477 e. The number of carboxylic acids is 1. The Bertz CT molecular complexity index is 544. The summed E-state index contributed by atoms with van der Waals surface area (Å²) >= 11 is 0. The molecule has 0 spiro atoms. The van der Waals surface area contributed by atoms with E-state index in [-0.39, 0.29) is 11.3 Å². The minimum atomic E-state index is -1.26. The van der Waals surface area contributed by atoms with Gasteiger partial charge in [0.05, 0.1) is 4.92 Å². The zero-order chi connectivity index (χ0) is 15.4. The molecule has 21 heavy (non-hydrogen) atoms. The lowest BCUT2D eigenvalue weighted by Crippen LogP contribution is -2.34. The van der Waals surface area contributed by atoms with E-state index in [4.69, 9.17) is 0 Å². The molecular formula is C15H20N2O4. The van der Waals surface area contributed by atoms with E-state index in [9.17, 15) is 20.0 Å². The fraction of sp³-hybridized carbons (Fsp3) is 0.533. The van der Waals surface area contributed by atoms with Gasteiger partial charge in [-0.1, -0.05) is 19.8 Å². The highest BCUT2D eigenvalue weighted by Gasteiger charge is 2.24. The van der Waals surface area contributed by atoms with Crippen molar-refractivity contribution in [3.05, 3.63) is 33.9 Å². The lowest BCUT2D eigenvalue weighted by Gasteiger charge is -2.31. The van der Waals surface area contributed by atoms with Crippen molar-refractivity contribution in [3.8, 4) is 0 Å². The molecule has 0 aliphatic carbocycles. The minimum absolute atomic E-state index is 0.239. The van der Waals surface area contributed by atoms with Crippen molar-refractivity contribution >= 4 is 17.3 Å². The van der Waals surface area contributed by atoms with Crippen LogP contribution in [0, 0.1) is 10.1 Å². The van der Waals surface area contributed by atoms with Gasteiger partial charge in [0.25, 0.3) is 5.69 Å². The SMILES string of the molecule is CCC1CCCCCN1c1ccc([N+](=O)[O-])c(C(=O)O)c1. The molecule has 6 heteroatoms. The lowest BCUT2D eigenvalue weighted by atomic mass is 10.1. The third-order valence-electron chi connectivity index (χ3n) is 4.09. The number of benzene rings is 1. The van der Waals surface area contributed by atoms with Gasteiger partial charge < -0.3 is 10.0 Å². The number of nitrogens with zero attached hydrogens (tertiary/aromatic N) is 2. The number of anilines is 1. The number of rotatable bonds is 4. The van der Waals surface area contributed by atoms with Gasteiger partial charge in [-0.25, -0.2) is 4.79 Å². The molecule has 1 atom stereocenters. The van der Waals surface area contributed by atoms with Crippen LogP contribution in [-0.4, -0.2) is 28.6 Å². The number of carboxylic acid groups (broad SMARTS) is 1. The summed E-state index contributed by atoms with van der Waals surface area (Å²) in [6, 6.07) is 4.78. The quantitative estimate of drug-likeness (QED) is 0.678. The summed E-state index contributed by atoms with van der Waals surface area (Å²) < 4.78 is 0. The topological polar surface area (TPSA) is 83.7 Å². The van der Waals surface area contributed by atoms with Gasteiger partial charge in [-0.2, -0.15) is 0 Å². The molecule has 1 unspecified atom stereocenters. The Labute approximate surface area is 123 Å². The second-order valence-corrected chi connectivity index (χ2v) is 5.37. The third-order valence-corrected chi connectivity index (χ3v) is 4.09. The highest BCUT2D eigenvalue weighted by atomic mass is 16.6. The number of nitro benzene ring substituents is 1. The van der Waals surface area contributed by atoms with Crippen LogP contribution in [0.4, 0.5) is 11.4 Å². The van der Waals surface area contributed by atoms with Crippen molar-refractivity contribution in [1.29, 1.82) is 0 Å². The van der Waals surface area contributed by atoms with Gasteiger partial charge in [-0.05, 0) is 31.4 Å². The molecule has 1 heterocycles.